The lowest BCUT2D eigenvalue weighted by Crippen LogP contribution is -2.41. The first-order valence-electron chi connectivity index (χ1n) is 12.8. The summed E-state index contributed by atoms with van der Waals surface area (Å²) in [5, 5.41) is 0. The first kappa shape index (κ1) is 22.7. The molecule has 4 nitrogen and oxygen atoms in total. The number of imide groups is 1. The first-order valence-corrected chi connectivity index (χ1v) is 12.8. The maximum atomic E-state index is 14.7. The predicted molar refractivity (Wildman–Crippen MR) is 141 cm³/mol. The fourth-order valence-corrected chi connectivity index (χ4v) is 7.48. The highest BCUT2D eigenvalue weighted by molar-refractivity contribution is 6.34. The van der Waals surface area contributed by atoms with E-state index in [9.17, 15) is 14.4 Å². The van der Waals surface area contributed by atoms with Crippen molar-refractivity contribution >= 4 is 34.4 Å². The van der Waals surface area contributed by atoms with Gasteiger partial charge in [-0.15, -0.1) is 0 Å². The largest absolute Gasteiger partial charge is 0.298 e. The lowest BCUT2D eigenvalue weighted by Gasteiger charge is -2.38. The van der Waals surface area contributed by atoms with Crippen LogP contribution in [-0.4, -0.2) is 17.6 Å². The Kier molecular flexibility index (Phi) is 4.95. The molecule has 0 N–H and O–H groups in total. The average Bonchev–Trinajstić information content (AvgIpc) is 3.40. The van der Waals surface area contributed by atoms with Crippen molar-refractivity contribution in [2.45, 2.75) is 33.6 Å². The summed E-state index contributed by atoms with van der Waals surface area (Å²) in [4.78, 5) is 44.5. The lowest BCUT2D eigenvalue weighted by atomic mass is 9.60. The summed E-state index contributed by atoms with van der Waals surface area (Å²) >= 11 is 0. The summed E-state index contributed by atoms with van der Waals surface area (Å²) in [7, 11) is 0. The Balaban J connectivity index is 1.68. The van der Waals surface area contributed by atoms with Gasteiger partial charge in [0.15, 0.2) is 5.78 Å². The van der Waals surface area contributed by atoms with Crippen molar-refractivity contribution in [3.05, 3.63) is 102 Å². The standard InChI is InChI=1S/C32H29NO3/c1-4-31-24(21-14-8-6-9-15-21)25(22-16-10-7-11-17-22)32(5-2,30(31)36)27-26(31)28(34)33(29(27)35)23-18-12-13-20(3)19-23/h6-19,26-27H,4-5H2,1-3H3. The minimum atomic E-state index is -1.04. The van der Waals surface area contributed by atoms with Gasteiger partial charge >= 0.3 is 0 Å². The molecule has 2 amide bonds. The number of ketones is 1. The maximum absolute atomic E-state index is 14.7. The van der Waals surface area contributed by atoms with Gasteiger partial charge in [-0.05, 0) is 59.7 Å². The van der Waals surface area contributed by atoms with E-state index in [1.165, 1.54) is 4.90 Å². The number of Topliss-reactive ketones (excluding diaryl/α,β-unsaturated/α-hetero) is 1. The van der Waals surface area contributed by atoms with Crippen LogP contribution in [0, 0.1) is 29.6 Å². The molecule has 1 saturated carbocycles. The molecule has 2 fully saturated rings. The highest BCUT2D eigenvalue weighted by atomic mass is 16.2. The fraction of sp³-hybridized carbons (Fsp3) is 0.281. The Labute approximate surface area is 211 Å². The number of nitrogens with zero attached hydrogens (tertiary/aromatic N) is 1. The molecule has 1 heterocycles. The van der Waals surface area contributed by atoms with Crippen LogP contribution in [-0.2, 0) is 14.4 Å². The normalized spacial score (nSPS) is 28.9. The van der Waals surface area contributed by atoms with Gasteiger partial charge < -0.3 is 0 Å². The highest BCUT2D eigenvalue weighted by Crippen LogP contribution is 2.75. The van der Waals surface area contributed by atoms with Crippen molar-refractivity contribution in [3.63, 3.8) is 0 Å². The van der Waals surface area contributed by atoms with Gasteiger partial charge in [0.25, 0.3) is 0 Å². The summed E-state index contributed by atoms with van der Waals surface area (Å²) < 4.78 is 0. The zero-order chi connectivity index (χ0) is 25.2. The number of amides is 2. The summed E-state index contributed by atoms with van der Waals surface area (Å²) in [5.74, 6) is -1.86. The maximum Gasteiger partial charge on any atom is 0.239 e. The number of carbonyl (C=O) groups excluding carboxylic acids is 3. The second-order valence-electron chi connectivity index (χ2n) is 10.3. The molecule has 180 valence electrons. The average molecular weight is 476 g/mol. The lowest BCUT2D eigenvalue weighted by molar-refractivity contribution is -0.134. The van der Waals surface area contributed by atoms with Crippen molar-refractivity contribution in [2.75, 3.05) is 4.90 Å². The highest BCUT2D eigenvalue weighted by Gasteiger charge is 2.80. The van der Waals surface area contributed by atoms with E-state index in [1.807, 2.05) is 106 Å². The molecule has 1 saturated heterocycles. The Morgan fingerprint density at radius 2 is 1.14 bits per heavy atom. The van der Waals surface area contributed by atoms with Crippen LogP contribution in [0.1, 0.15) is 43.4 Å². The number of carbonyl (C=O) groups is 3. The zero-order valence-electron chi connectivity index (χ0n) is 20.8. The Morgan fingerprint density at radius 1 is 0.667 bits per heavy atom. The van der Waals surface area contributed by atoms with Crippen LogP contribution in [0.25, 0.3) is 11.1 Å². The van der Waals surface area contributed by atoms with Gasteiger partial charge in [0.05, 0.1) is 28.4 Å². The molecule has 4 unspecified atom stereocenters. The number of fused-ring (bicyclic) bond motifs is 5. The second kappa shape index (κ2) is 7.86. The Morgan fingerprint density at radius 3 is 1.56 bits per heavy atom. The fourth-order valence-electron chi connectivity index (χ4n) is 7.48. The van der Waals surface area contributed by atoms with Crippen LogP contribution in [0.3, 0.4) is 0 Å². The Hall–Kier alpha value is -3.79. The van der Waals surface area contributed by atoms with E-state index in [2.05, 4.69) is 0 Å². The third-order valence-electron chi connectivity index (χ3n) is 8.82. The number of anilines is 1. The predicted octanol–water partition coefficient (Wildman–Crippen LogP) is 6.10. The number of benzene rings is 3. The molecule has 36 heavy (non-hydrogen) atoms. The number of aryl methyl sites for hydroxylation is 1. The number of hydrogen-bond donors (Lipinski definition) is 0. The summed E-state index contributed by atoms with van der Waals surface area (Å²) in [6.45, 7) is 5.93. The van der Waals surface area contributed by atoms with Gasteiger partial charge in [0, 0.05) is 0 Å². The third-order valence-corrected chi connectivity index (χ3v) is 8.82. The summed E-state index contributed by atoms with van der Waals surface area (Å²) in [6, 6.07) is 27.4. The zero-order valence-corrected chi connectivity index (χ0v) is 20.8. The van der Waals surface area contributed by atoms with Gasteiger partial charge in [0.1, 0.15) is 0 Å². The first-order chi connectivity index (χ1) is 17.4. The number of rotatable bonds is 5. The molecule has 4 heteroatoms. The molecule has 0 spiro atoms. The monoisotopic (exact) mass is 475 g/mol. The molecule has 2 bridgehead atoms. The minimum Gasteiger partial charge on any atom is -0.298 e. The second-order valence-corrected chi connectivity index (χ2v) is 10.3. The van der Waals surface area contributed by atoms with E-state index >= 15 is 0 Å². The molecule has 0 aromatic heterocycles. The molecule has 1 aliphatic heterocycles. The van der Waals surface area contributed by atoms with Gasteiger partial charge in [-0.1, -0.05) is 86.6 Å². The van der Waals surface area contributed by atoms with E-state index in [-0.39, 0.29) is 17.6 Å². The van der Waals surface area contributed by atoms with Crippen molar-refractivity contribution in [1.29, 1.82) is 0 Å². The van der Waals surface area contributed by atoms with E-state index in [4.69, 9.17) is 0 Å². The number of allylic oxidation sites excluding steroid dienone is 2. The van der Waals surface area contributed by atoms with Crippen molar-refractivity contribution in [2.24, 2.45) is 22.7 Å². The van der Waals surface area contributed by atoms with Gasteiger partial charge in [-0.2, -0.15) is 0 Å². The molecule has 6 rings (SSSR count). The van der Waals surface area contributed by atoms with Crippen LogP contribution in [0.5, 0.6) is 0 Å². The topological polar surface area (TPSA) is 54.5 Å². The quantitative estimate of drug-likeness (QED) is 0.419. The van der Waals surface area contributed by atoms with Crippen molar-refractivity contribution in [1.82, 2.24) is 0 Å². The van der Waals surface area contributed by atoms with Crippen molar-refractivity contribution < 1.29 is 14.4 Å². The summed E-state index contributed by atoms with van der Waals surface area (Å²) in [6.07, 6.45) is 0.936. The van der Waals surface area contributed by atoms with E-state index in [0.29, 0.717) is 18.5 Å². The molecule has 3 aliphatic rings. The SMILES string of the molecule is CCC12C(=O)C(CC)(C(c3ccccc3)=C1c1ccccc1)C1C(=O)N(c3cccc(C)c3)C(=O)C12. The van der Waals surface area contributed by atoms with Crippen molar-refractivity contribution in [3.8, 4) is 0 Å². The molecular weight excluding hydrogens is 446 g/mol. The van der Waals surface area contributed by atoms with Gasteiger partial charge in [0.2, 0.25) is 11.8 Å². The third kappa shape index (κ3) is 2.57. The van der Waals surface area contributed by atoms with Gasteiger partial charge in [-0.25, -0.2) is 4.90 Å². The van der Waals surface area contributed by atoms with Crippen LogP contribution < -0.4 is 4.90 Å². The molecular formula is C32H29NO3. The molecule has 4 atom stereocenters. The van der Waals surface area contributed by atoms with Crippen LogP contribution in [0.15, 0.2) is 84.9 Å². The van der Waals surface area contributed by atoms with Crippen LogP contribution in [0.2, 0.25) is 0 Å². The van der Waals surface area contributed by atoms with Crippen LogP contribution >= 0.6 is 0 Å². The molecule has 3 aromatic carbocycles. The van der Waals surface area contributed by atoms with E-state index < -0.39 is 22.7 Å². The number of hydrogen-bond acceptors (Lipinski definition) is 3. The smallest absolute Gasteiger partial charge is 0.239 e. The summed E-state index contributed by atoms with van der Waals surface area (Å²) in [5.41, 5.74) is 3.24. The molecule has 2 aliphatic carbocycles. The van der Waals surface area contributed by atoms with E-state index in [1.54, 1.807) is 0 Å². The van der Waals surface area contributed by atoms with E-state index in [0.717, 1.165) is 27.8 Å². The Bertz CT molecular complexity index is 1350. The van der Waals surface area contributed by atoms with Gasteiger partial charge in [-0.3, -0.25) is 14.4 Å². The van der Waals surface area contributed by atoms with Crippen LogP contribution in [0.4, 0.5) is 5.69 Å². The minimum absolute atomic E-state index is 0.0401. The molecule has 3 aromatic rings. The molecule has 0 radical (unpaired) electrons.